The summed E-state index contributed by atoms with van der Waals surface area (Å²) in [7, 11) is -3.73. The maximum absolute atomic E-state index is 12.0. The van der Waals surface area contributed by atoms with E-state index in [0.717, 1.165) is 0 Å². The second-order valence-electron chi connectivity index (χ2n) is 4.33. The van der Waals surface area contributed by atoms with Crippen LogP contribution in [0.25, 0.3) is 0 Å². The summed E-state index contributed by atoms with van der Waals surface area (Å²) in [5.41, 5.74) is 0.00811. The molecule has 9 heteroatoms. The van der Waals surface area contributed by atoms with Gasteiger partial charge in [-0.3, -0.25) is 0 Å². The van der Waals surface area contributed by atoms with Gasteiger partial charge in [0.25, 0.3) is 0 Å². The molecule has 0 spiro atoms. The van der Waals surface area contributed by atoms with Gasteiger partial charge in [0.05, 0.1) is 17.0 Å². The first-order chi connectivity index (χ1) is 9.90. The van der Waals surface area contributed by atoms with Crippen LogP contribution in [-0.2, 0) is 14.8 Å². The summed E-state index contributed by atoms with van der Waals surface area (Å²) < 4.78 is 31.0. The third kappa shape index (κ3) is 3.70. The third-order valence-corrected chi connectivity index (χ3v) is 4.41. The van der Waals surface area contributed by atoms with Crippen molar-refractivity contribution < 1.29 is 27.9 Å². The Labute approximate surface area is 121 Å². The van der Waals surface area contributed by atoms with Gasteiger partial charge in [0.1, 0.15) is 6.61 Å². The topological polar surface area (TPSA) is 113 Å². The molecular weight excluding hydrogens is 300 g/mol. The van der Waals surface area contributed by atoms with Crippen LogP contribution >= 0.6 is 0 Å². The van der Waals surface area contributed by atoms with Crippen molar-refractivity contribution in [1.29, 1.82) is 0 Å². The van der Waals surface area contributed by atoms with Crippen molar-refractivity contribution in [2.45, 2.75) is 4.90 Å². The fraction of sp³-hybridized carbons (Fsp3) is 0.333. The fourth-order valence-corrected chi connectivity index (χ4v) is 2.82. The quantitative estimate of drug-likeness (QED) is 0.771. The summed E-state index contributed by atoms with van der Waals surface area (Å²) in [4.78, 5) is 23.2. The highest BCUT2D eigenvalue weighted by molar-refractivity contribution is 7.89. The Morgan fingerprint density at radius 2 is 2.00 bits per heavy atom. The summed E-state index contributed by atoms with van der Waals surface area (Å²) >= 11 is 0. The molecule has 0 saturated carbocycles. The molecule has 21 heavy (non-hydrogen) atoms. The lowest BCUT2D eigenvalue weighted by Gasteiger charge is -2.13. The average Bonchev–Trinajstić information content (AvgIpc) is 2.84. The number of benzene rings is 1. The van der Waals surface area contributed by atoms with Crippen LogP contribution in [0.4, 0.5) is 4.79 Å². The van der Waals surface area contributed by atoms with Crippen LogP contribution in [0.3, 0.4) is 0 Å². The lowest BCUT2D eigenvalue weighted by molar-refractivity contribution is 0.0696. The van der Waals surface area contributed by atoms with E-state index in [-0.39, 0.29) is 23.5 Å². The predicted octanol–water partition coefficient (Wildman–Crippen LogP) is 0.115. The molecule has 1 aliphatic heterocycles. The molecule has 1 fully saturated rings. The number of ether oxygens (including phenoxy) is 1. The second kappa shape index (κ2) is 6.10. The highest BCUT2D eigenvalue weighted by Crippen LogP contribution is 2.10. The Hall–Kier alpha value is -2.13. The molecule has 0 aromatic heterocycles. The van der Waals surface area contributed by atoms with Crippen LogP contribution in [-0.4, -0.2) is 56.7 Å². The Morgan fingerprint density at radius 1 is 1.33 bits per heavy atom. The van der Waals surface area contributed by atoms with E-state index in [2.05, 4.69) is 4.72 Å². The largest absolute Gasteiger partial charge is 0.478 e. The molecule has 0 bridgehead atoms. The predicted molar refractivity (Wildman–Crippen MR) is 71.5 cm³/mol. The van der Waals surface area contributed by atoms with Gasteiger partial charge in [0.15, 0.2) is 0 Å². The van der Waals surface area contributed by atoms with Crippen LogP contribution in [0.5, 0.6) is 0 Å². The number of carboxylic acids is 1. The van der Waals surface area contributed by atoms with Crippen molar-refractivity contribution in [3.8, 4) is 0 Å². The molecule has 1 heterocycles. The van der Waals surface area contributed by atoms with E-state index < -0.39 is 22.1 Å². The number of nitrogens with zero attached hydrogens (tertiary/aromatic N) is 1. The van der Waals surface area contributed by atoms with Crippen LogP contribution in [0.1, 0.15) is 10.4 Å². The summed E-state index contributed by atoms with van der Waals surface area (Å²) in [6.45, 7) is 1.01. The van der Waals surface area contributed by atoms with Crippen LogP contribution in [0.15, 0.2) is 29.2 Å². The molecule has 1 amide bonds. The zero-order chi connectivity index (χ0) is 15.5. The van der Waals surface area contributed by atoms with E-state index in [9.17, 15) is 18.0 Å². The lowest BCUT2D eigenvalue weighted by atomic mass is 10.2. The molecule has 2 N–H and O–H groups in total. The maximum atomic E-state index is 12.0. The monoisotopic (exact) mass is 314 g/mol. The number of nitrogens with one attached hydrogen (secondary N) is 1. The average molecular weight is 314 g/mol. The normalized spacial score (nSPS) is 15.0. The molecule has 8 nitrogen and oxygen atoms in total. The number of amides is 1. The van der Waals surface area contributed by atoms with Crippen molar-refractivity contribution >= 4 is 22.1 Å². The number of hydrogen-bond acceptors (Lipinski definition) is 5. The first-order valence-electron chi connectivity index (χ1n) is 6.15. The molecule has 0 aliphatic carbocycles. The molecule has 114 valence electrons. The van der Waals surface area contributed by atoms with Gasteiger partial charge < -0.3 is 14.7 Å². The minimum Gasteiger partial charge on any atom is -0.478 e. The minimum atomic E-state index is -3.73. The molecule has 1 saturated heterocycles. The van der Waals surface area contributed by atoms with Crippen molar-refractivity contribution in [3.63, 3.8) is 0 Å². The Balaban J connectivity index is 1.94. The van der Waals surface area contributed by atoms with Crippen molar-refractivity contribution in [3.05, 3.63) is 29.8 Å². The highest BCUT2D eigenvalue weighted by Gasteiger charge is 2.22. The summed E-state index contributed by atoms with van der Waals surface area (Å²) in [6, 6.07) is 4.87. The summed E-state index contributed by atoms with van der Waals surface area (Å²) in [5, 5.41) is 8.75. The number of carbonyl (C=O) groups is 2. The van der Waals surface area contributed by atoms with Crippen molar-refractivity contribution in [1.82, 2.24) is 9.62 Å². The van der Waals surface area contributed by atoms with Gasteiger partial charge in [-0.15, -0.1) is 0 Å². The van der Waals surface area contributed by atoms with Gasteiger partial charge in [-0.2, -0.15) is 0 Å². The summed E-state index contributed by atoms with van der Waals surface area (Å²) in [5.74, 6) is -1.13. The molecule has 0 atom stereocenters. The SMILES string of the molecule is O=C(O)c1ccc(S(=O)(=O)NCCN2CCOC2=O)cc1. The zero-order valence-electron chi connectivity index (χ0n) is 11.0. The Kier molecular flexibility index (Phi) is 4.43. The number of carbonyl (C=O) groups excluding carboxylic acids is 1. The molecule has 2 rings (SSSR count). The van der Waals surface area contributed by atoms with E-state index in [1.54, 1.807) is 0 Å². The van der Waals surface area contributed by atoms with E-state index in [1.165, 1.54) is 29.2 Å². The molecule has 0 radical (unpaired) electrons. The van der Waals surface area contributed by atoms with Crippen LogP contribution in [0, 0.1) is 0 Å². The number of cyclic esters (lactones) is 1. The summed E-state index contributed by atoms with van der Waals surface area (Å²) in [6.07, 6.45) is -0.458. The van der Waals surface area contributed by atoms with Gasteiger partial charge >= 0.3 is 12.1 Å². The number of aromatic carboxylic acids is 1. The number of carboxylic acid groups (broad SMARTS) is 1. The van der Waals surface area contributed by atoms with Gasteiger partial charge in [0, 0.05) is 13.1 Å². The third-order valence-electron chi connectivity index (χ3n) is 2.93. The smallest absolute Gasteiger partial charge is 0.409 e. The van der Waals surface area contributed by atoms with E-state index in [0.29, 0.717) is 13.2 Å². The molecule has 1 aromatic carbocycles. The van der Waals surface area contributed by atoms with Gasteiger partial charge in [-0.25, -0.2) is 22.7 Å². The Bertz CT molecular complexity index is 640. The van der Waals surface area contributed by atoms with E-state index >= 15 is 0 Å². The van der Waals surface area contributed by atoms with Gasteiger partial charge in [0.2, 0.25) is 10.0 Å². The van der Waals surface area contributed by atoms with Crippen molar-refractivity contribution in [2.75, 3.05) is 26.2 Å². The first kappa shape index (κ1) is 15.3. The fourth-order valence-electron chi connectivity index (χ4n) is 1.80. The molecular formula is C12H14N2O6S. The Morgan fingerprint density at radius 3 is 2.52 bits per heavy atom. The number of sulfonamides is 1. The maximum Gasteiger partial charge on any atom is 0.409 e. The standard InChI is InChI=1S/C12H14N2O6S/c15-11(16)9-1-3-10(4-2-9)21(18,19)13-5-6-14-7-8-20-12(14)17/h1-4,13H,5-8H2,(H,15,16). The minimum absolute atomic E-state index is 0.00811. The van der Waals surface area contributed by atoms with Gasteiger partial charge in [-0.1, -0.05) is 0 Å². The van der Waals surface area contributed by atoms with Gasteiger partial charge in [-0.05, 0) is 24.3 Å². The highest BCUT2D eigenvalue weighted by atomic mass is 32.2. The van der Waals surface area contributed by atoms with Crippen LogP contribution in [0.2, 0.25) is 0 Å². The second-order valence-corrected chi connectivity index (χ2v) is 6.10. The number of hydrogen-bond donors (Lipinski definition) is 2. The van der Waals surface area contributed by atoms with E-state index in [4.69, 9.17) is 9.84 Å². The van der Waals surface area contributed by atoms with Crippen molar-refractivity contribution in [2.24, 2.45) is 0 Å². The molecule has 0 unspecified atom stereocenters. The molecule has 1 aliphatic rings. The number of rotatable bonds is 6. The zero-order valence-corrected chi connectivity index (χ0v) is 11.8. The lowest BCUT2D eigenvalue weighted by Crippen LogP contribution is -2.35. The first-order valence-corrected chi connectivity index (χ1v) is 7.63. The van der Waals surface area contributed by atoms with Crippen LogP contribution < -0.4 is 4.72 Å². The molecule has 1 aromatic rings. The van der Waals surface area contributed by atoms with E-state index in [1.807, 2.05) is 0 Å².